The number of halogens is 1. The molecule has 0 fully saturated rings. The van der Waals surface area contributed by atoms with Crippen LogP contribution < -0.4 is 11.1 Å². The van der Waals surface area contributed by atoms with Crippen LogP contribution in [-0.2, 0) is 0 Å². The highest BCUT2D eigenvalue weighted by Crippen LogP contribution is 2.33. The third kappa shape index (κ3) is 3.03. The van der Waals surface area contributed by atoms with Crippen LogP contribution in [0.25, 0.3) is 0 Å². The van der Waals surface area contributed by atoms with Gasteiger partial charge in [0.1, 0.15) is 5.75 Å². The third-order valence-electron chi connectivity index (χ3n) is 2.72. The van der Waals surface area contributed by atoms with Crippen LogP contribution in [0, 0.1) is 10.1 Å². The number of amides is 1. The first-order chi connectivity index (χ1) is 9.90. The number of nitrogens with two attached hydrogens (primary N) is 1. The van der Waals surface area contributed by atoms with E-state index in [9.17, 15) is 20.0 Å². The van der Waals surface area contributed by atoms with Crippen molar-refractivity contribution < 1.29 is 14.8 Å². The number of nitrogen functional groups attached to an aromatic ring is 1. The van der Waals surface area contributed by atoms with E-state index in [1.54, 1.807) is 0 Å². The van der Waals surface area contributed by atoms with E-state index in [0.717, 1.165) is 0 Å². The first kappa shape index (κ1) is 14.6. The maximum absolute atomic E-state index is 12.1. The van der Waals surface area contributed by atoms with Gasteiger partial charge >= 0.3 is 0 Å². The second-order valence-electron chi connectivity index (χ2n) is 4.12. The standard InChI is InChI=1S/C13H10ClN3O4/c14-8-6-7(4-5-9(8)15)13(19)16-12-10(17(20)21)2-1-3-11(12)18/h1-6,18H,15H2,(H,16,19). The average molecular weight is 308 g/mol. The topological polar surface area (TPSA) is 118 Å². The molecule has 0 aliphatic carbocycles. The molecule has 0 unspecified atom stereocenters. The molecule has 2 rings (SSSR count). The van der Waals surface area contributed by atoms with Gasteiger partial charge in [0.25, 0.3) is 11.6 Å². The monoisotopic (exact) mass is 307 g/mol. The van der Waals surface area contributed by atoms with Crippen molar-refractivity contribution in [2.24, 2.45) is 0 Å². The van der Waals surface area contributed by atoms with Gasteiger partial charge in [-0.05, 0) is 24.3 Å². The van der Waals surface area contributed by atoms with Crippen molar-refractivity contribution in [3.05, 3.63) is 57.1 Å². The summed E-state index contributed by atoms with van der Waals surface area (Å²) in [6, 6.07) is 7.91. The van der Waals surface area contributed by atoms with Gasteiger partial charge in [-0.15, -0.1) is 0 Å². The molecule has 0 atom stereocenters. The first-order valence-electron chi connectivity index (χ1n) is 5.73. The Morgan fingerprint density at radius 1 is 1.33 bits per heavy atom. The van der Waals surface area contributed by atoms with Gasteiger partial charge in [0.2, 0.25) is 0 Å². The largest absolute Gasteiger partial charge is 0.505 e. The third-order valence-corrected chi connectivity index (χ3v) is 3.05. The van der Waals surface area contributed by atoms with Crippen molar-refractivity contribution in [3.63, 3.8) is 0 Å². The second-order valence-corrected chi connectivity index (χ2v) is 4.53. The molecule has 0 heterocycles. The number of nitrogens with one attached hydrogen (secondary N) is 1. The molecule has 0 saturated carbocycles. The Hall–Kier alpha value is -2.80. The number of phenols is 1. The zero-order chi connectivity index (χ0) is 15.6. The van der Waals surface area contributed by atoms with Crippen molar-refractivity contribution in [1.29, 1.82) is 0 Å². The van der Waals surface area contributed by atoms with Gasteiger partial charge in [0.15, 0.2) is 5.69 Å². The number of aromatic hydroxyl groups is 1. The van der Waals surface area contributed by atoms with Crippen LogP contribution in [0.4, 0.5) is 17.1 Å². The molecule has 0 bridgehead atoms. The fourth-order valence-corrected chi connectivity index (χ4v) is 1.84. The molecular weight excluding hydrogens is 298 g/mol. The molecule has 2 aromatic rings. The summed E-state index contributed by atoms with van der Waals surface area (Å²) in [6.07, 6.45) is 0. The number of phenolic OH excluding ortho intramolecular Hbond substituents is 1. The summed E-state index contributed by atoms with van der Waals surface area (Å²) in [6.45, 7) is 0. The smallest absolute Gasteiger partial charge is 0.296 e. The number of hydrogen-bond donors (Lipinski definition) is 3. The molecule has 0 spiro atoms. The molecule has 0 radical (unpaired) electrons. The summed E-state index contributed by atoms with van der Waals surface area (Å²) in [5.74, 6) is -1.06. The molecule has 4 N–H and O–H groups in total. The quantitative estimate of drug-likeness (QED) is 0.349. The van der Waals surface area contributed by atoms with E-state index in [1.165, 1.54) is 36.4 Å². The summed E-state index contributed by atoms with van der Waals surface area (Å²) >= 11 is 5.81. The second kappa shape index (κ2) is 5.68. The van der Waals surface area contributed by atoms with Crippen LogP contribution in [-0.4, -0.2) is 15.9 Å². The molecule has 1 amide bonds. The van der Waals surface area contributed by atoms with E-state index < -0.39 is 22.3 Å². The van der Waals surface area contributed by atoms with Gasteiger partial charge in [-0.3, -0.25) is 14.9 Å². The van der Waals surface area contributed by atoms with Gasteiger partial charge < -0.3 is 16.2 Å². The highest BCUT2D eigenvalue weighted by Gasteiger charge is 2.20. The molecule has 108 valence electrons. The predicted molar refractivity (Wildman–Crippen MR) is 78.6 cm³/mol. The lowest BCUT2D eigenvalue weighted by atomic mass is 10.1. The molecule has 7 nitrogen and oxygen atoms in total. The number of carbonyl (C=O) groups is 1. The molecule has 0 aliphatic heterocycles. The summed E-state index contributed by atoms with van der Waals surface area (Å²) < 4.78 is 0. The lowest BCUT2D eigenvalue weighted by molar-refractivity contribution is -0.384. The van der Waals surface area contributed by atoms with E-state index in [0.29, 0.717) is 5.69 Å². The SMILES string of the molecule is Nc1ccc(C(=O)Nc2c(O)cccc2[N+](=O)[O-])cc1Cl. The van der Waals surface area contributed by atoms with Crippen molar-refractivity contribution in [2.45, 2.75) is 0 Å². The van der Waals surface area contributed by atoms with Crippen LogP contribution in [0.5, 0.6) is 5.75 Å². The number of anilines is 2. The molecule has 8 heteroatoms. The Bertz CT molecular complexity index is 733. The van der Waals surface area contributed by atoms with Crippen LogP contribution >= 0.6 is 11.6 Å². The van der Waals surface area contributed by atoms with E-state index in [2.05, 4.69) is 5.32 Å². The number of nitro benzene ring substituents is 1. The Morgan fingerprint density at radius 2 is 2.05 bits per heavy atom. The van der Waals surface area contributed by atoms with Crippen LogP contribution in [0.15, 0.2) is 36.4 Å². The van der Waals surface area contributed by atoms with Crippen molar-refractivity contribution in [3.8, 4) is 5.75 Å². The van der Waals surface area contributed by atoms with Crippen LogP contribution in [0.2, 0.25) is 5.02 Å². The Balaban J connectivity index is 2.36. The van der Waals surface area contributed by atoms with E-state index >= 15 is 0 Å². The number of carbonyl (C=O) groups excluding carboxylic acids is 1. The number of hydrogen-bond acceptors (Lipinski definition) is 5. The maximum atomic E-state index is 12.1. The normalized spacial score (nSPS) is 10.1. The zero-order valence-electron chi connectivity index (χ0n) is 10.5. The van der Waals surface area contributed by atoms with Crippen molar-refractivity contribution in [1.82, 2.24) is 0 Å². The summed E-state index contributed by atoms with van der Waals surface area (Å²) in [4.78, 5) is 22.3. The van der Waals surface area contributed by atoms with E-state index in [4.69, 9.17) is 17.3 Å². The number of rotatable bonds is 3. The predicted octanol–water partition coefficient (Wildman–Crippen LogP) is 2.79. The maximum Gasteiger partial charge on any atom is 0.296 e. The Kier molecular flexibility index (Phi) is 3.95. The lowest BCUT2D eigenvalue weighted by Crippen LogP contribution is -2.13. The van der Waals surface area contributed by atoms with E-state index in [-0.39, 0.29) is 16.3 Å². The van der Waals surface area contributed by atoms with Crippen LogP contribution in [0.3, 0.4) is 0 Å². The Labute approximate surface area is 124 Å². The van der Waals surface area contributed by atoms with Crippen LogP contribution in [0.1, 0.15) is 10.4 Å². The molecule has 0 aromatic heterocycles. The van der Waals surface area contributed by atoms with Gasteiger partial charge in [0.05, 0.1) is 15.6 Å². The van der Waals surface area contributed by atoms with Crippen molar-refractivity contribution in [2.75, 3.05) is 11.1 Å². The molecular formula is C13H10ClN3O4. The fourth-order valence-electron chi connectivity index (χ4n) is 1.66. The molecule has 2 aromatic carbocycles. The molecule has 21 heavy (non-hydrogen) atoms. The lowest BCUT2D eigenvalue weighted by Gasteiger charge is -2.08. The zero-order valence-corrected chi connectivity index (χ0v) is 11.3. The molecule has 0 saturated heterocycles. The van der Waals surface area contributed by atoms with Gasteiger partial charge in [-0.25, -0.2) is 0 Å². The minimum Gasteiger partial charge on any atom is -0.505 e. The fraction of sp³-hybridized carbons (Fsp3) is 0. The Morgan fingerprint density at radius 3 is 2.67 bits per heavy atom. The van der Waals surface area contributed by atoms with Gasteiger partial charge in [-0.2, -0.15) is 0 Å². The van der Waals surface area contributed by atoms with Gasteiger partial charge in [0, 0.05) is 11.6 Å². The van der Waals surface area contributed by atoms with Gasteiger partial charge in [-0.1, -0.05) is 17.7 Å². The highest BCUT2D eigenvalue weighted by atomic mass is 35.5. The number of nitro groups is 1. The molecule has 0 aliphatic rings. The number of para-hydroxylation sites is 1. The number of benzene rings is 2. The van der Waals surface area contributed by atoms with E-state index in [1.807, 2.05) is 0 Å². The summed E-state index contributed by atoms with van der Waals surface area (Å²) in [5.41, 5.74) is 5.31. The average Bonchev–Trinajstić information content (AvgIpc) is 2.43. The minimum absolute atomic E-state index is 0.159. The van der Waals surface area contributed by atoms with Crippen molar-refractivity contribution >= 4 is 34.6 Å². The summed E-state index contributed by atoms with van der Waals surface area (Å²) in [7, 11) is 0. The first-order valence-corrected chi connectivity index (χ1v) is 6.10. The minimum atomic E-state index is -0.703. The summed E-state index contributed by atoms with van der Waals surface area (Å²) in [5, 5.41) is 23.0. The highest BCUT2D eigenvalue weighted by molar-refractivity contribution is 6.33. The number of nitrogens with zero attached hydrogens (tertiary/aromatic N) is 1.